The minimum Gasteiger partial charge on any atom is -0.480 e. The highest BCUT2D eigenvalue weighted by atomic mass is 35.5. The van der Waals surface area contributed by atoms with E-state index >= 15 is 0 Å². The number of anilines is 1. The molecule has 0 aliphatic heterocycles. The fraction of sp³-hybridized carbons (Fsp3) is 0.400. The number of carbonyl (C=O) groups is 1. The van der Waals surface area contributed by atoms with Crippen molar-refractivity contribution in [3.05, 3.63) is 27.4 Å². The van der Waals surface area contributed by atoms with Crippen LogP contribution in [-0.2, 0) is 4.79 Å². The van der Waals surface area contributed by atoms with Crippen LogP contribution in [0.5, 0.6) is 0 Å². The third-order valence-electron chi connectivity index (χ3n) is 2.13. The molecule has 1 aromatic heterocycles. The molecule has 0 fully saturated rings. The molecule has 0 aliphatic rings. The van der Waals surface area contributed by atoms with Crippen LogP contribution in [0.3, 0.4) is 0 Å². The largest absolute Gasteiger partial charge is 0.480 e. The average Bonchev–Trinajstić information content (AvgIpc) is 2.27. The topological polar surface area (TPSA) is 96.6 Å². The Bertz CT molecular complexity index is 466. The van der Waals surface area contributed by atoms with Crippen LogP contribution in [0, 0.1) is 10.1 Å². The molecule has 0 aromatic carbocycles. The Kier molecular flexibility index (Phi) is 4.85. The Balaban J connectivity index is 3.17. The maximum absolute atomic E-state index is 10.9. The van der Waals surface area contributed by atoms with Crippen molar-refractivity contribution in [3.8, 4) is 0 Å². The van der Waals surface area contributed by atoms with Crippen molar-refractivity contribution in [1.82, 2.24) is 4.98 Å². The third-order valence-corrected chi connectivity index (χ3v) is 2.34. The molecule has 8 heteroatoms. The van der Waals surface area contributed by atoms with Gasteiger partial charge >= 0.3 is 11.7 Å². The summed E-state index contributed by atoms with van der Waals surface area (Å²) < 4.78 is 0. The van der Waals surface area contributed by atoms with Crippen LogP contribution in [-0.4, -0.2) is 34.1 Å². The van der Waals surface area contributed by atoms with E-state index in [-0.39, 0.29) is 23.1 Å². The van der Waals surface area contributed by atoms with Gasteiger partial charge in [-0.1, -0.05) is 18.5 Å². The van der Waals surface area contributed by atoms with E-state index in [0.717, 1.165) is 6.07 Å². The standard InChI is InChI=1S/C10H12ClN3O4/c1-2-3-13(6-9(15)16)10-8(14(17)18)4-7(11)5-12-10/h4-5H,2-3,6H2,1H3,(H,15,16). The van der Waals surface area contributed by atoms with E-state index in [9.17, 15) is 14.9 Å². The summed E-state index contributed by atoms with van der Waals surface area (Å²) in [6, 6.07) is 1.16. The number of halogens is 1. The van der Waals surface area contributed by atoms with E-state index in [1.165, 1.54) is 11.1 Å². The predicted molar refractivity (Wildman–Crippen MR) is 66.0 cm³/mol. The van der Waals surface area contributed by atoms with Gasteiger partial charge < -0.3 is 10.0 Å². The zero-order chi connectivity index (χ0) is 13.7. The summed E-state index contributed by atoms with van der Waals surface area (Å²) >= 11 is 5.65. The van der Waals surface area contributed by atoms with Crippen LogP contribution in [0.25, 0.3) is 0 Å². The number of nitrogens with zero attached hydrogens (tertiary/aromatic N) is 3. The Morgan fingerprint density at radius 3 is 2.83 bits per heavy atom. The van der Waals surface area contributed by atoms with Crippen molar-refractivity contribution in [2.75, 3.05) is 18.0 Å². The molecule has 1 rings (SSSR count). The lowest BCUT2D eigenvalue weighted by atomic mass is 10.3. The maximum atomic E-state index is 10.9. The monoisotopic (exact) mass is 273 g/mol. The normalized spacial score (nSPS) is 10.1. The molecule has 0 radical (unpaired) electrons. The molecule has 0 atom stereocenters. The number of carboxylic acid groups (broad SMARTS) is 1. The Morgan fingerprint density at radius 1 is 1.67 bits per heavy atom. The SMILES string of the molecule is CCCN(CC(=O)O)c1ncc(Cl)cc1[N+](=O)[O-]. The van der Waals surface area contributed by atoms with Crippen LogP contribution < -0.4 is 4.90 Å². The molecular weight excluding hydrogens is 262 g/mol. The summed E-state index contributed by atoms with van der Waals surface area (Å²) in [7, 11) is 0. The Morgan fingerprint density at radius 2 is 2.33 bits per heavy atom. The van der Waals surface area contributed by atoms with E-state index < -0.39 is 10.9 Å². The highest BCUT2D eigenvalue weighted by Gasteiger charge is 2.22. The van der Waals surface area contributed by atoms with Gasteiger partial charge in [-0.25, -0.2) is 4.98 Å². The summed E-state index contributed by atoms with van der Waals surface area (Å²) in [6.45, 7) is 1.86. The maximum Gasteiger partial charge on any atom is 0.323 e. The molecule has 98 valence electrons. The molecule has 1 heterocycles. The lowest BCUT2D eigenvalue weighted by Crippen LogP contribution is -2.31. The Hall–Kier alpha value is -1.89. The number of rotatable bonds is 6. The van der Waals surface area contributed by atoms with E-state index in [1.807, 2.05) is 6.92 Å². The fourth-order valence-electron chi connectivity index (χ4n) is 1.49. The van der Waals surface area contributed by atoms with Crippen LogP contribution in [0.15, 0.2) is 12.3 Å². The highest BCUT2D eigenvalue weighted by Crippen LogP contribution is 2.28. The summed E-state index contributed by atoms with van der Waals surface area (Å²) in [6.07, 6.45) is 1.91. The molecule has 18 heavy (non-hydrogen) atoms. The molecule has 1 N–H and O–H groups in total. The number of aromatic nitrogens is 1. The summed E-state index contributed by atoms with van der Waals surface area (Å²) in [5.41, 5.74) is -0.294. The lowest BCUT2D eigenvalue weighted by Gasteiger charge is -2.20. The fourth-order valence-corrected chi connectivity index (χ4v) is 1.64. The summed E-state index contributed by atoms with van der Waals surface area (Å²) in [4.78, 5) is 26.2. The summed E-state index contributed by atoms with van der Waals surface area (Å²) in [5.74, 6) is -1.05. The van der Waals surface area contributed by atoms with Gasteiger partial charge in [0.05, 0.1) is 9.95 Å². The van der Waals surface area contributed by atoms with Crippen LogP contribution in [0.4, 0.5) is 11.5 Å². The van der Waals surface area contributed by atoms with E-state index in [0.29, 0.717) is 13.0 Å². The first-order chi connectivity index (χ1) is 8.45. The van der Waals surface area contributed by atoms with Crippen molar-refractivity contribution >= 4 is 29.1 Å². The lowest BCUT2D eigenvalue weighted by molar-refractivity contribution is -0.384. The van der Waals surface area contributed by atoms with E-state index in [2.05, 4.69) is 4.98 Å². The third kappa shape index (κ3) is 3.56. The molecular formula is C10H12ClN3O4. The second-order valence-corrected chi connectivity index (χ2v) is 4.01. The number of hydrogen-bond acceptors (Lipinski definition) is 5. The average molecular weight is 274 g/mol. The van der Waals surface area contributed by atoms with Crippen molar-refractivity contribution in [2.45, 2.75) is 13.3 Å². The zero-order valence-corrected chi connectivity index (χ0v) is 10.4. The van der Waals surface area contributed by atoms with Gasteiger partial charge in [-0.15, -0.1) is 0 Å². The number of hydrogen-bond donors (Lipinski definition) is 1. The zero-order valence-electron chi connectivity index (χ0n) is 9.67. The highest BCUT2D eigenvalue weighted by molar-refractivity contribution is 6.30. The first kappa shape index (κ1) is 14.2. The van der Waals surface area contributed by atoms with Crippen molar-refractivity contribution < 1.29 is 14.8 Å². The minimum absolute atomic E-state index is 0.0219. The number of pyridine rings is 1. The van der Waals surface area contributed by atoms with Gasteiger partial charge in [0, 0.05) is 18.8 Å². The van der Waals surface area contributed by atoms with Crippen LogP contribution in [0.2, 0.25) is 5.02 Å². The number of aliphatic carboxylic acids is 1. The van der Waals surface area contributed by atoms with Crippen molar-refractivity contribution in [3.63, 3.8) is 0 Å². The second kappa shape index (κ2) is 6.15. The molecule has 7 nitrogen and oxygen atoms in total. The smallest absolute Gasteiger partial charge is 0.323 e. The minimum atomic E-state index is -1.07. The predicted octanol–water partition coefficient (Wildman–Crippen LogP) is 1.94. The van der Waals surface area contributed by atoms with Gasteiger partial charge in [0.25, 0.3) is 0 Å². The van der Waals surface area contributed by atoms with Crippen molar-refractivity contribution in [2.24, 2.45) is 0 Å². The molecule has 1 aromatic rings. The molecule has 0 spiro atoms. The molecule has 0 unspecified atom stereocenters. The first-order valence-corrected chi connectivity index (χ1v) is 5.60. The van der Waals surface area contributed by atoms with Gasteiger partial charge in [0.1, 0.15) is 6.54 Å². The molecule has 0 saturated heterocycles. The van der Waals surface area contributed by atoms with Gasteiger partial charge in [0.15, 0.2) is 0 Å². The van der Waals surface area contributed by atoms with Crippen molar-refractivity contribution in [1.29, 1.82) is 0 Å². The van der Waals surface area contributed by atoms with Crippen LogP contribution >= 0.6 is 11.6 Å². The van der Waals surface area contributed by atoms with Gasteiger partial charge in [-0.3, -0.25) is 14.9 Å². The summed E-state index contributed by atoms with van der Waals surface area (Å²) in [5, 5.41) is 19.8. The van der Waals surface area contributed by atoms with Gasteiger partial charge in [-0.2, -0.15) is 0 Å². The first-order valence-electron chi connectivity index (χ1n) is 5.22. The second-order valence-electron chi connectivity index (χ2n) is 3.57. The quantitative estimate of drug-likeness (QED) is 0.628. The molecule has 0 aliphatic carbocycles. The van der Waals surface area contributed by atoms with E-state index in [1.54, 1.807) is 0 Å². The van der Waals surface area contributed by atoms with Gasteiger partial charge in [0.2, 0.25) is 5.82 Å². The molecule has 0 bridgehead atoms. The van der Waals surface area contributed by atoms with Crippen LogP contribution in [0.1, 0.15) is 13.3 Å². The number of carboxylic acids is 1. The van der Waals surface area contributed by atoms with Gasteiger partial charge in [-0.05, 0) is 6.42 Å². The number of nitro groups is 1. The van der Waals surface area contributed by atoms with E-state index in [4.69, 9.17) is 16.7 Å². The Labute approximate surface area is 108 Å². The molecule has 0 saturated carbocycles. The molecule has 0 amide bonds.